The van der Waals surface area contributed by atoms with Gasteiger partial charge in [-0.2, -0.15) is 26.3 Å². The van der Waals surface area contributed by atoms with Crippen molar-refractivity contribution in [1.29, 1.82) is 0 Å². The maximum absolute atomic E-state index is 13.2. The van der Waals surface area contributed by atoms with Crippen molar-refractivity contribution in [2.75, 3.05) is 19.8 Å². The van der Waals surface area contributed by atoms with Gasteiger partial charge in [0.2, 0.25) is 0 Å². The number of fused-ring (bicyclic) bond motifs is 1. The number of rotatable bonds is 4. The highest BCUT2D eigenvalue weighted by Gasteiger charge is 2.56. The van der Waals surface area contributed by atoms with E-state index >= 15 is 0 Å². The molecule has 2 fully saturated rings. The minimum Gasteiger partial charge on any atom is -0.396 e. The first kappa shape index (κ1) is 22.1. The van der Waals surface area contributed by atoms with E-state index in [-0.39, 0.29) is 37.4 Å². The van der Waals surface area contributed by atoms with E-state index in [1.54, 1.807) is 4.90 Å². The fourth-order valence-corrected chi connectivity index (χ4v) is 4.17. The van der Waals surface area contributed by atoms with Gasteiger partial charge in [-0.05, 0) is 41.8 Å². The Morgan fingerprint density at radius 1 is 0.839 bits per heavy atom. The monoisotopic (exact) mass is 447 g/mol. The van der Waals surface area contributed by atoms with Crippen LogP contribution >= 0.6 is 0 Å². The highest BCUT2D eigenvalue weighted by molar-refractivity contribution is 5.32. The Labute approximate surface area is 174 Å². The Morgan fingerprint density at radius 2 is 1.29 bits per heavy atom. The summed E-state index contributed by atoms with van der Waals surface area (Å²) in [6, 6.07) is 9.23. The average molecular weight is 447 g/mol. The summed E-state index contributed by atoms with van der Waals surface area (Å²) in [5.41, 5.74) is -2.17. The topological polar surface area (TPSA) is 41.9 Å². The maximum atomic E-state index is 13.2. The molecule has 0 amide bonds. The third-order valence-corrected chi connectivity index (χ3v) is 5.65. The summed E-state index contributed by atoms with van der Waals surface area (Å²) in [6.07, 6.45) is -10.9. The number of hydrogen-bond donors (Lipinski definition) is 1. The van der Waals surface area contributed by atoms with Crippen molar-refractivity contribution in [2.24, 2.45) is 0 Å². The van der Waals surface area contributed by atoms with Gasteiger partial charge in [-0.3, -0.25) is 0 Å². The maximum Gasteiger partial charge on any atom is 0.416 e. The number of halogens is 6. The normalized spacial score (nSPS) is 26.9. The van der Waals surface area contributed by atoms with Crippen molar-refractivity contribution in [3.8, 4) is 0 Å². The molecule has 0 bridgehead atoms. The van der Waals surface area contributed by atoms with E-state index in [1.807, 2.05) is 0 Å². The summed E-state index contributed by atoms with van der Waals surface area (Å²) >= 11 is 0. The largest absolute Gasteiger partial charge is 0.416 e. The van der Waals surface area contributed by atoms with Crippen LogP contribution < -0.4 is 0 Å². The van der Waals surface area contributed by atoms with E-state index in [0.717, 1.165) is 24.3 Å². The molecule has 2 aromatic carbocycles. The van der Waals surface area contributed by atoms with Crippen LogP contribution in [0.15, 0.2) is 48.5 Å². The third kappa shape index (κ3) is 4.05. The van der Waals surface area contributed by atoms with Gasteiger partial charge in [-0.25, -0.2) is 4.90 Å². The zero-order valence-corrected chi connectivity index (χ0v) is 16.1. The average Bonchev–Trinajstić information content (AvgIpc) is 3.24. The van der Waals surface area contributed by atoms with E-state index in [0.29, 0.717) is 0 Å². The summed E-state index contributed by atoms with van der Waals surface area (Å²) in [6.45, 7) is -0.123. The molecule has 2 saturated heterocycles. The van der Waals surface area contributed by atoms with Crippen LogP contribution in [0.25, 0.3) is 0 Å². The third-order valence-electron chi connectivity index (χ3n) is 5.65. The second kappa shape index (κ2) is 7.77. The van der Waals surface area contributed by atoms with E-state index < -0.39 is 41.5 Å². The smallest absolute Gasteiger partial charge is 0.396 e. The summed E-state index contributed by atoms with van der Waals surface area (Å²) < 4.78 is 90.8. The first-order valence-electron chi connectivity index (χ1n) is 9.52. The molecule has 0 aromatic heterocycles. The van der Waals surface area contributed by atoms with Gasteiger partial charge in [0.25, 0.3) is 0 Å². The molecule has 0 saturated carbocycles. The minimum atomic E-state index is -4.56. The van der Waals surface area contributed by atoms with Crippen LogP contribution in [0, 0.1) is 0 Å². The van der Waals surface area contributed by atoms with Gasteiger partial charge < -0.3 is 14.6 Å². The van der Waals surface area contributed by atoms with Gasteiger partial charge >= 0.3 is 12.4 Å². The lowest BCUT2D eigenvalue weighted by Gasteiger charge is -2.34. The summed E-state index contributed by atoms with van der Waals surface area (Å²) in [5, 5.41) is 9.55. The number of nitrogens with zero attached hydrogens (tertiary/aromatic N) is 1. The summed E-state index contributed by atoms with van der Waals surface area (Å²) in [4.78, 5) is 1.63. The fourth-order valence-electron chi connectivity index (χ4n) is 4.17. The number of ether oxygens (including phenoxy) is 2. The minimum absolute atomic E-state index is 0.0595. The van der Waals surface area contributed by atoms with Gasteiger partial charge in [-0.15, -0.1) is 0 Å². The Morgan fingerprint density at radius 3 is 1.68 bits per heavy atom. The molecule has 0 aliphatic carbocycles. The van der Waals surface area contributed by atoms with Crippen molar-refractivity contribution in [1.82, 2.24) is 4.90 Å². The van der Waals surface area contributed by atoms with E-state index in [2.05, 4.69) is 0 Å². The number of benzene rings is 2. The molecule has 4 nitrogen and oxygen atoms in total. The molecule has 168 valence electrons. The van der Waals surface area contributed by atoms with Gasteiger partial charge in [0.15, 0.2) is 0 Å². The van der Waals surface area contributed by atoms with Gasteiger partial charge in [-0.1, -0.05) is 24.3 Å². The lowest BCUT2D eigenvalue weighted by molar-refractivity contribution is -0.138. The first-order chi connectivity index (χ1) is 14.5. The van der Waals surface area contributed by atoms with Crippen LogP contribution in [-0.2, 0) is 21.8 Å². The molecule has 10 heteroatoms. The van der Waals surface area contributed by atoms with Gasteiger partial charge in [0.1, 0.15) is 12.5 Å². The summed E-state index contributed by atoms with van der Waals surface area (Å²) in [5.74, 6) is 0. The van der Waals surface area contributed by atoms with Crippen molar-refractivity contribution >= 4 is 0 Å². The Bertz CT molecular complexity index is 876. The molecule has 2 aliphatic heterocycles. The Balaban J connectivity index is 1.75. The predicted octanol–water partition coefficient (Wildman–Crippen LogP) is 4.91. The van der Waals surface area contributed by atoms with Crippen LogP contribution in [0.3, 0.4) is 0 Å². The van der Waals surface area contributed by atoms with Crippen molar-refractivity contribution in [3.63, 3.8) is 0 Å². The fraction of sp³-hybridized carbons (Fsp3) is 0.429. The van der Waals surface area contributed by atoms with Gasteiger partial charge in [0.05, 0.1) is 29.9 Å². The predicted molar refractivity (Wildman–Crippen MR) is 96.5 cm³/mol. The Hall–Kier alpha value is -2.14. The highest BCUT2D eigenvalue weighted by atomic mass is 19.4. The summed E-state index contributed by atoms with van der Waals surface area (Å²) in [7, 11) is 0. The van der Waals surface area contributed by atoms with Crippen LogP contribution in [0.1, 0.15) is 41.1 Å². The molecule has 2 heterocycles. The number of alkyl halides is 6. The molecule has 1 unspecified atom stereocenters. The molecule has 1 N–H and O–H groups in total. The van der Waals surface area contributed by atoms with Crippen molar-refractivity contribution < 1.29 is 40.9 Å². The molecule has 3 atom stereocenters. The SMILES string of the molecule is OCCC12CO[C@H](c3cccc(C(F)(F)F)c3)N1[C@H](c1cccc(C(F)(F)F)c1)OC2. The second-order valence-corrected chi connectivity index (χ2v) is 7.68. The van der Waals surface area contributed by atoms with E-state index in [9.17, 15) is 31.4 Å². The first-order valence-corrected chi connectivity index (χ1v) is 9.52. The van der Waals surface area contributed by atoms with Crippen LogP contribution in [0.2, 0.25) is 0 Å². The zero-order chi connectivity index (χ0) is 22.4. The van der Waals surface area contributed by atoms with Crippen molar-refractivity contribution in [3.05, 3.63) is 70.8 Å². The molecule has 2 aliphatic rings. The number of aliphatic hydroxyl groups excluding tert-OH is 1. The van der Waals surface area contributed by atoms with Crippen LogP contribution in [0.5, 0.6) is 0 Å². The molecule has 0 radical (unpaired) electrons. The molecule has 0 spiro atoms. The Kier molecular flexibility index (Phi) is 5.53. The molecular weight excluding hydrogens is 428 g/mol. The molecular formula is C21H19F6NO3. The highest BCUT2D eigenvalue weighted by Crippen LogP contribution is 2.51. The quantitative estimate of drug-likeness (QED) is 0.677. The molecule has 4 rings (SSSR count). The lowest BCUT2D eigenvalue weighted by Crippen LogP contribution is -2.45. The van der Waals surface area contributed by atoms with Crippen LogP contribution in [0.4, 0.5) is 26.3 Å². The van der Waals surface area contributed by atoms with E-state index in [4.69, 9.17) is 9.47 Å². The molecule has 31 heavy (non-hydrogen) atoms. The van der Waals surface area contributed by atoms with Gasteiger partial charge in [0, 0.05) is 6.61 Å². The lowest BCUT2D eigenvalue weighted by atomic mass is 9.95. The van der Waals surface area contributed by atoms with E-state index in [1.165, 1.54) is 24.3 Å². The van der Waals surface area contributed by atoms with Crippen LogP contribution in [-0.4, -0.2) is 35.4 Å². The zero-order valence-electron chi connectivity index (χ0n) is 16.1. The second-order valence-electron chi connectivity index (χ2n) is 7.68. The number of hydrogen-bond acceptors (Lipinski definition) is 4. The number of aliphatic hydroxyl groups is 1. The standard InChI is InChI=1S/C21H19F6NO3/c22-20(23,24)15-5-1-3-13(9-15)17-28-18(31-12-19(28,7-8-29)11-30-17)14-4-2-6-16(10-14)21(25,26)27/h1-6,9-10,17-18,29H,7-8,11-12H2/t17-,18+,19?. The molecule has 2 aromatic rings. The van der Waals surface area contributed by atoms with Crippen molar-refractivity contribution in [2.45, 2.75) is 36.8 Å².